The molecule has 0 amide bonds. The molecule has 0 aliphatic carbocycles. The lowest BCUT2D eigenvalue weighted by molar-refractivity contribution is 0.373. The fraction of sp³-hybridized carbons (Fsp3) is 0.600. The van der Waals surface area contributed by atoms with Gasteiger partial charge in [-0.2, -0.15) is 0 Å². The van der Waals surface area contributed by atoms with Crippen LogP contribution in [0.5, 0.6) is 5.88 Å². The molecule has 0 aliphatic rings. The lowest BCUT2D eigenvalue weighted by atomic mass is 10.4. The van der Waals surface area contributed by atoms with Crippen molar-refractivity contribution in [3.63, 3.8) is 0 Å². The normalized spacial score (nSPS) is 10.3. The van der Waals surface area contributed by atoms with Gasteiger partial charge >= 0.3 is 0 Å². The quantitative estimate of drug-likeness (QED) is 0.685. The lowest BCUT2D eigenvalue weighted by Crippen LogP contribution is -2.24. The van der Waals surface area contributed by atoms with E-state index in [1.165, 1.54) is 17.9 Å². The summed E-state index contributed by atoms with van der Waals surface area (Å²) in [6, 6.07) is 3.04. The van der Waals surface area contributed by atoms with Crippen molar-refractivity contribution in [1.29, 1.82) is 0 Å². The van der Waals surface area contributed by atoms with Gasteiger partial charge in [-0.3, -0.25) is 4.79 Å². The zero-order valence-electron chi connectivity index (χ0n) is 9.19. The topological polar surface area (TPSA) is 56.1 Å². The fourth-order valence-electron chi connectivity index (χ4n) is 1.23. The van der Waals surface area contributed by atoms with Gasteiger partial charge in [-0.1, -0.05) is 6.92 Å². The summed E-state index contributed by atoms with van der Waals surface area (Å²) in [4.78, 5) is 11.4. The molecule has 84 valence electrons. The first-order chi connectivity index (χ1) is 7.27. The minimum absolute atomic E-state index is 0.0905. The van der Waals surface area contributed by atoms with Gasteiger partial charge in [0.25, 0.3) is 5.56 Å². The smallest absolute Gasteiger partial charge is 0.266 e. The van der Waals surface area contributed by atoms with Crippen LogP contribution in [0, 0.1) is 0 Å². The Morgan fingerprint density at radius 2 is 2.33 bits per heavy atom. The van der Waals surface area contributed by atoms with E-state index in [-0.39, 0.29) is 5.56 Å². The number of rotatable bonds is 6. The maximum absolute atomic E-state index is 11.4. The average Bonchev–Trinajstić information content (AvgIpc) is 2.26. The molecule has 0 radical (unpaired) electrons. The molecule has 1 aromatic rings. The average molecular weight is 211 g/mol. The van der Waals surface area contributed by atoms with Crippen LogP contribution < -0.4 is 15.6 Å². The molecule has 1 aromatic heterocycles. The zero-order valence-corrected chi connectivity index (χ0v) is 9.19. The molecule has 0 unspecified atom stereocenters. The summed E-state index contributed by atoms with van der Waals surface area (Å²) in [7, 11) is 1.54. The summed E-state index contributed by atoms with van der Waals surface area (Å²) >= 11 is 0. The third-order valence-electron chi connectivity index (χ3n) is 2.02. The van der Waals surface area contributed by atoms with Crippen molar-refractivity contribution in [2.24, 2.45) is 0 Å². The molecule has 0 aromatic carbocycles. The summed E-state index contributed by atoms with van der Waals surface area (Å²) in [5, 5.41) is 7.23. The molecule has 5 heteroatoms. The number of ether oxygens (including phenoxy) is 1. The highest BCUT2D eigenvalue weighted by Gasteiger charge is 1.99. The second-order valence-corrected chi connectivity index (χ2v) is 3.14. The van der Waals surface area contributed by atoms with Crippen LogP contribution in [0.2, 0.25) is 0 Å². The number of methoxy groups -OCH3 is 1. The minimum atomic E-state index is -0.0905. The van der Waals surface area contributed by atoms with E-state index in [1.807, 2.05) is 0 Å². The van der Waals surface area contributed by atoms with Crippen LogP contribution in [-0.2, 0) is 6.54 Å². The number of nitrogens with one attached hydrogen (secondary N) is 1. The summed E-state index contributed by atoms with van der Waals surface area (Å²) in [5.74, 6) is 0.470. The van der Waals surface area contributed by atoms with E-state index in [0.717, 1.165) is 19.5 Å². The Hall–Kier alpha value is -1.36. The van der Waals surface area contributed by atoms with Crippen molar-refractivity contribution in [3.05, 3.63) is 22.5 Å². The van der Waals surface area contributed by atoms with Gasteiger partial charge in [-0.15, -0.1) is 5.10 Å². The van der Waals surface area contributed by atoms with Gasteiger partial charge in [0.05, 0.1) is 7.11 Å². The molecule has 0 spiro atoms. The van der Waals surface area contributed by atoms with Crippen LogP contribution in [0.3, 0.4) is 0 Å². The first kappa shape index (κ1) is 11.7. The van der Waals surface area contributed by atoms with E-state index in [9.17, 15) is 4.79 Å². The van der Waals surface area contributed by atoms with E-state index >= 15 is 0 Å². The minimum Gasteiger partial charge on any atom is -0.480 e. The SMILES string of the molecule is CCNCCCn1nc(OC)ccc1=O. The molecule has 0 saturated carbocycles. The van der Waals surface area contributed by atoms with Gasteiger partial charge in [0.1, 0.15) is 0 Å². The third kappa shape index (κ3) is 3.71. The largest absolute Gasteiger partial charge is 0.480 e. The van der Waals surface area contributed by atoms with E-state index in [0.29, 0.717) is 12.4 Å². The molecular weight excluding hydrogens is 194 g/mol. The Kier molecular flexibility index (Phi) is 4.83. The summed E-state index contributed by atoms with van der Waals surface area (Å²) < 4.78 is 6.38. The number of nitrogens with zero attached hydrogens (tertiary/aromatic N) is 2. The predicted molar refractivity (Wildman–Crippen MR) is 58.2 cm³/mol. The Labute approximate surface area is 89.1 Å². The molecule has 15 heavy (non-hydrogen) atoms. The molecule has 1 rings (SSSR count). The van der Waals surface area contributed by atoms with E-state index < -0.39 is 0 Å². The Bertz CT molecular complexity index is 349. The molecule has 0 saturated heterocycles. The Morgan fingerprint density at radius 1 is 1.53 bits per heavy atom. The standard InChI is InChI=1S/C10H17N3O2/c1-3-11-7-4-8-13-10(14)6-5-9(12-13)15-2/h5-6,11H,3-4,7-8H2,1-2H3. The van der Waals surface area contributed by atoms with Crippen molar-refractivity contribution in [3.8, 4) is 5.88 Å². The number of aromatic nitrogens is 2. The molecule has 0 aliphatic heterocycles. The maximum atomic E-state index is 11.4. The van der Waals surface area contributed by atoms with Crippen molar-refractivity contribution < 1.29 is 4.74 Å². The van der Waals surface area contributed by atoms with Gasteiger partial charge in [0.2, 0.25) is 5.88 Å². The predicted octanol–water partition coefficient (Wildman–Crippen LogP) is 0.251. The van der Waals surface area contributed by atoms with E-state index in [2.05, 4.69) is 17.3 Å². The summed E-state index contributed by atoms with van der Waals surface area (Å²) in [6.45, 7) is 4.50. The zero-order chi connectivity index (χ0) is 11.1. The van der Waals surface area contributed by atoms with Crippen LogP contribution in [0.1, 0.15) is 13.3 Å². The van der Waals surface area contributed by atoms with Crippen LogP contribution in [0.4, 0.5) is 0 Å². The molecule has 0 bridgehead atoms. The number of hydrogen-bond donors (Lipinski definition) is 1. The lowest BCUT2D eigenvalue weighted by Gasteiger charge is -2.06. The first-order valence-electron chi connectivity index (χ1n) is 5.10. The van der Waals surface area contributed by atoms with E-state index in [1.54, 1.807) is 6.07 Å². The van der Waals surface area contributed by atoms with Crippen molar-refractivity contribution in [1.82, 2.24) is 15.1 Å². The molecule has 0 fully saturated rings. The first-order valence-corrected chi connectivity index (χ1v) is 5.10. The number of hydrogen-bond acceptors (Lipinski definition) is 4. The highest BCUT2D eigenvalue weighted by atomic mass is 16.5. The van der Waals surface area contributed by atoms with Gasteiger partial charge in [0, 0.05) is 18.7 Å². The maximum Gasteiger partial charge on any atom is 0.266 e. The Balaban J connectivity index is 2.55. The van der Waals surface area contributed by atoms with Crippen molar-refractivity contribution in [2.45, 2.75) is 19.9 Å². The molecule has 5 nitrogen and oxygen atoms in total. The second-order valence-electron chi connectivity index (χ2n) is 3.14. The van der Waals surface area contributed by atoms with Gasteiger partial charge in [0.15, 0.2) is 0 Å². The monoisotopic (exact) mass is 211 g/mol. The number of aryl methyl sites for hydroxylation is 1. The fourth-order valence-corrected chi connectivity index (χ4v) is 1.23. The van der Waals surface area contributed by atoms with Crippen molar-refractivity contribution >= 4 is 0 Å². The summed E-state index contributed by atoms with van der Waals surface area (Å²) in [5.41, 5.74) is -0.0905. The molecule has 1 heterocycles. The molecule has 1 N–H and O–H groups in total. The molecule has 0 atom stereocenters. The highest BCUT2D eigenvalue weighted by molar-refractivity contribution is 5.05. The Morgan fingerprint density at radius 3 is 3.00 bits per heavy atom. The van der Waals surface area contributed by atoms with Crippen LogP contribution in [-0.4, -0.2) is 30.0 Å². The van der Waals surface area contributed by atoms with Crippen LogP contribution >= 0.6 is 0 Å². The third-order valence-corrected chi connectivity index (χ3v) is 2.02. The van der Waals surface area contributed by atoms with Gasteiger partial charge < -0.3 is 10.1 Å². The van der Waals surface area contributed by atoms with Crippen LogP contribution in [0.15, 0.2) is 16.9 Å². The van der Waals surface area contributed by atoms with Crippen molar-refractivity contribution in [2.75, 3.05) is 20.2 Å². The molecular formula is C10H17N3O2. The van der Waals surface area contributed by atoms with Gasteiger partial charge in [-0.05, 0) is 19.5 Å². The van der Waals surface area contributed by atoms with Gasteiger partial charge in [-0.25, -0.2) is 4.68 Å². The van der Waals surface area contributed by atoms with Crippen LogP contribution in [0.25, 0.3) is 0 Å². The second kappa shape index (κ2) is 6.19. The van der Waals surface area contributed by atoms with E-state index in [4.69, 9.17) is 4.74 Å². The summed E-state index contributed by atoms with van der Waals surface area (Å²) in [6.07, 6.45) is 0.883. The highest BCUT2D eigenvalue weighted by Crippen LogP contribution is 1.99.